The number of nitrogens with one attached hydrogen (secondary N) is 1. The van der Waals surface area contributed by atoms with E-state index < -0.39 is 0 Å². The summed E-state index contributed by atoms with van der Waals surface area (Å²) in [6, 6.07) is 6.88. The summed E-state index contributed by atoms with van der Waals surface area (Å²) in [7, 11) is 0. The molecule has 0 aliphatic carbocycles. The molecule has 18 heavy (non-hydrogen) atoms. The van der Waals surface area contributed by atoms with Gasteiger partial charge in [-0.1, -0.05) is 19.1 Å². The Bertz CT molecular complexity index is 526. The Labute approximate surface area is 109 Å². The largest absolute Gasteiger partial charge is 0.345 e. The minimum absolute atomic E-state index is 0.468. The highest BCUT2D eigenvalue weighted by molar-refractivity contribution is 5.87. The van der Waals surface area contributed by atoms with Crippen LogP contribution in [-0.4, -0.2) is 11.1 Å². The highest BCUT2D eigenvalue weighted by Gasteiger charge is 2.12. The summed E-state index contributed by atoms with van der Waals surface area (Å²) in [4.78, 5) is 0. The number of hydrogen-bond donors (Lipinski definition) is 2. The molecular formula is C15H23N3. The van der Waals surface area contributed by atoms with E-state index in [0.29, 0.717) is 12.6 Å². The lowest BCUT2D eigenvalue weighted by Crippen LogP contribution is -2.11. The summed E-state index contributed by atoms with van der Waals surface area (Å²) in [5.41, 5.74) is 9.75. The molecule has 98 valence electrons. The van der Waals surface area contributed by atoms with E-state index >= 15 is 0 Å². The molecule has 1 heterocycles. The zero-order chi connectivity index (χ0) is 13.1. The van der Waals surface area contributed by atoms with E-state index in [4.69, 9.17) is 5.73 Å². The van der Waals surface area contributed by atoms with Crippen LogP contribution in [0.1, 0.15) is 37.9 Å². The first kappa shape index (κ1) is 13.1. The molecular weight excluding hydrogens is 222 g/mol. The second-order valence-corrected chi connectivity index (χ2v) is 4.95. The van der Waals surface area contributed by atoms with Crippen molar-refractivity contribution in [3.63, 3.8) is 0 Å². The lowest BCUT2D eigenvalue weighted by molar-refractivity contribution is 0.618. The van der Waals surface area contributed by atoms with Gasteiger partial charge in [-0.25, -0.2) is 0 Å². The fourth-order valence-corrected chi connectivity index (χ4v) is 2.47. The molecule has 0 bridgehead atoms. The number of hydrogen-bond acceptors (Lipinski definition) is 2. The van der Waals surface area contributed by atoms with Crippen LogP contribution in [0, 0.1) is 0 Å². The van der Waals surface area contributed by atoms with Gasteiger partial charge in [0, 0.05) is 36.2 Å². The third kappa shape index (κ3) is 2.28. The van der Waals surface area contributed by atoms with Gasteiger partial charge in [0.15, 0.2) is 0 Å². The molecule has 0 aliphatic rings. The SMILES string of the molecule is CCNCc1cn(C(C)C)c2cccc(CN)c12. The molecule has 0 unspecified atom stereocenters. The molecule has 0 radical (unpaired) electrons. The van der Waals surface area contributed by atoms with Crippen molar-refractivity contribution >= 4 is 10.9 Å². The monoisotopic (exact) mass is 245 g/mol. The van der Waals surface area contributed by atoms with Crippen LogP contribution in [0.5, 0.6) is 0 Å². The van der Waals surface area contributed by atoms with Crippen LogP contribution in [0.4, 0.5) is 0 Å². The highest BCUT2D eigenvalue weighted by Crippen LogP contribution is 2.27. The quantitative estimate of drug-likeness (QED) is 0.850. The number of benzene rings is 1. The average molecular weight is 245 g/mol. The number of nitrogens with zero attached hydrogens (tertiary/aromatic N) is 1. The number of aromatic nitrogens is 1. The van der Waals surface area contributed by atoms with E-state index in [1.807, 2.05) is 0 Å². The first-order chi connectivity index (χ1) is 8.69. The minimum Gasteiger partial charge on any atom is -0.345 e. The molecule has 0 atom stereocenters. The van der Waals surface area contributed by atoms with Gasteiger partial charge in [0.1, 0.15) is 0 Å². The Hall–Kier alpha value is -1.32. The van der Waals surface area contributed by atoms with E-state index in [1.165, 1.54) is 22.0 Å². The van der Waals surface area contributed by atoms with Crippen molar-refractivity contribution in [2.24, 2.45) is 5.73 Å². The summed E-state index contributed by atoms with van der Waals surface area (Å²) in [6.45, 7) is 9.05. The second-order valence-electron chi connectivity index (χ2n) is 4.95. The molecule has 3 nitrogen and oxygen atoms in total. The van der Waals surface area contributed by atoms with Gasteiger partial charge in [-0.2, -0.15) is 0 Å². The summed E-state index contributed by atoms with van der Waals surface area (Å²) < 4.78 is 2.33. The van der Waals surface area contributed by atoms with E-state index in [9.17, 15) is 0 Å². The maximum absolute atomic E-state index is 5.87. The third-order valence-electron chi connectivity index (χ3n) is 3.36. The van der Waals surface area contributed by atoms with Crippen LogP contribution >= 0.6 is 0 Å². The summed E-state index contributed by atoms with van der Waals surface area (Å²) >= 11 is 0. The van der Waals surface area contributed by atoms with Crippen LogP contribution in [0.25, 0.3) is 10.9 Å². The van der Waals surface area contributed by atoms with E-state index in [2.05, 4.69) is 55.1 Å². The van der Waals surface area contributed by atoms with E-state index in [1.54, 1.807) is 0 Å². The molecule has 1 aromatic heterocycles. The van der Waals surface area contributed by atoms with Crippen molar-refractivity contribution < 1.29 is 0 Å². The molecule has 2 rings (SSSR count). The summed E-state index contributed by atoms with van der Waals surface area (Å²) in [5.74, 6) is 0. The average Bonchev–Trinajstić information content (AvgIpc) is 2.75. The van der Waals surface area contributed by atoms with Crippen molar-refractivity contribution in [1.82, 2.24) is 9.88 Å². The zero-order valence-electron chi connectivity index (χ0n) is 11.5. The van der Waals surface area contributed by atoms with Crippen molar-refractivity contribution in [2.45, 2.75) is 39.9 Å². The Morgan fingerprint density at radius 3 is 2.67 bits per heavy atom. The van der Waals surface area contributed by atoms with Gasteiger partial charge < -0.3 is 15.6 Å². The fraction of sp³-hybridized carbons (Fsp3) is 0.467. The Balaban J connectivity index is 2.61. The van der Waals surface area contributed by atoms with Gasteiger partial charge >= 0.3 is 0 Å². The maximum Gasteiger partial charge on any atom is 0.0489 e. The molecule has 2 aromatic rings. The number of fused-ring (bicyclic) bond motifs is 1. The number of nitrogens with two attached hydrogens (primary N) is 1. The summed E-state index contributed by atoms with van der Waals surface area (Å²) in [6.07, 6.45) is 2.26. The lowest BCUT2D eigenvalue weighted by Gasteiger charge is -2.09. The van der Waals surface area contributed by atoms with Crippen molar-refractivity contribution in [2.75, 3.05) is 6.54 Å². The molecule has 0 amide bonds. The summed E-state index contributed by atoms with van der Waals surface area (Å²) in [5, 5.41) is 4.73. The highest BCUT2D eigenvalue weighted by atomic mass is 15.0. The molecule has 0 fully saturated rings. The van der Waals surface area contributed by atoms with Crippen LogP contribution in [-0.2, 0) is 13.1 Å². The van der Waals surface area contributed by atoms with Crippen LogP contribution in [0.2, 0.25) is 0 Å². The third-order valence-corrected chi connectivity index (χ3v) is 3.36. The standard InChI is InChI=1S/C15H23N3/c1-4-17-9-13-10-18(11(2)3)14-7-5-6-12(8-16)15(13)14/h5-7,10-11,17H,4,8-9,16H2,1-3H3. The molecule has 1 aromatic carbocycles. The molecule has 0 aliphatic heterocycles. The lowest BCUT2D eigenvalue weighted by atomic mass is 10.1. The van der Waals surface area contributed by atoms with E-state index in [0.717, 1.165) is 13.1 Å². The Morgan fingerprint density at radius 2 is 2.06 bits per heavy atom. The maximum atomic E-state index is 5.87. The van der Waals surface area contributed by atoms with Gasteiger partial charge in [0.25, 0.3) is 0 Å². The van der Waals surface area contributed by atoms with Gasteiger partial charge in [-0.05, 0) is 37.6 Å². The van der Waals surface area contributed by atoms with Crippen molar-refractivity contribution in [3.8, 4) is 0 Å². The zero-order valence-corrected chi connectivity index (χ0v) is 11.5. The normalized spacial score (nSPS) is 11.6. The molecule has 0 saturated carbocycles. The van der Waals surface area contributed by atoms with Gasteiger partial charge in [0.05, 0.1) is 0 Å². The molecule has 3 N–H and O–H groups in total. The topological polar surface area (TPSA) is 43.0 Å². The van der Waals surface area contributed by atoms with Gasteiger partial charge in [-0.3, -0.25) is 0 Å². The fourth-order valence-electron chi connectivity index (χ4n) is 2.47. The predicted octanol–water partition coefficient (Wildman–Crippen LogP) is 2.79. The van der Waals surface area contributed by atoms with Crippen molar-refractivity contribution in [3.05, 3.63) is 35.5 Å². The van der Waals surface area contributed by atoms with Crippen LogP contribution < -0.4 is 11.1 Å². The van der Waals surface area contributed by atoms with Crippen molar-refractivity contribution in [1.29, 1.82) is 0 Å². The number of rotatable bonds is 5. The first-order valence-electron chi connectivity index (χ1n) is 6.71. The molecule has 0 saturated heterocycles. The van der Waals surface area contributed by atoms with Crippen LogP contribution in [0.3, 0.4) is 0 Å². The molecule has 0 spiro atoms. The second kappa shape index (κ2) is 5.55. The Morgan fingerprint density at radius 1 is 1.28 bits per heavy atom. The first-order valence-corrected chi connectivity index (χ1v) is 6.71. The minimum atomic E-state index is 0.468. The van der Waals surface area contributed by atoms with Crippen LogP contribution in [0.15, 0.2) is 24.4 Å². The van der Waals surface area contributed by atoms with E-state index in [-0.39, 0.29) is 0 Å². The predicted molar refractivity (Wildman–Crippen MR) is 77.6 cm³/mol. The Kier molecular flexibility index (Phi) is 4.04. The smallest absolute Gasteiger partial charge is 0.0489 e. The molecule has 3 heteroatoms. The van der Waals surface area contributed by atoms with Gasteiger partial charge in [0.2, 0.25) is 0 Å². The van der Waals surface area contributed by atoms with Gasteiger partial charge in [-0.15, -0.1) is 0 Å².